The minimum Gasteiger partial charge on any atom is -0.0921 e. The summed E-state index contributed by atoms with van der Waals surface area (Å²) >= 11 is 3.64. The molecule has 0 aromatic heterocycles. The Balaban J connectivity index is 2.70. The van der Waals surface area contributed by atoms with Gasteiger partial charge in [0.15, 0.2) is 0 Å². The van der Waals surface area contributed by atoms with E-state index in [9.17, 15) is 0 Å². The molecule has 0 amide bonds. The third-order valence-corrected chi connectivity index (χ3v) is 3.69. The molecule has 0 fully saturated rings. The number of hydrogen-bond acceptors (Lipinski definition) is 0. The van der Waals surface area contributed by atoms with E-state index in [4.69, 9.17) is 0 Å². The highest BCUT2D eigenvalue weighted by Crippen LogP contribution is 2.27. The lowest BCUT2D eigenvalue weighted by Gasteiger charge is -2.17. The van der Waals surface area contributed by atoms with Crippen LogP contribution < -0.4 is 0 Å². The highest BCUT2D eigenvalue weighted by molar-refractivity contribution is 9.09. The average Bonchev–Trinajstić information content (AvgIpc) is 2.21. The molecule has 0 saturated carbocycles. The molecular weight excluding hydrogens is 248 g/mol. The third-order valence-electron chi connectivity index (χ3n) is 2.91. The summed E-state index contributed by atoms with van der Waals surface area (Å²) in [4.78, 5) is 0. The number of halogens is 1. The van der Waals surface area contributed by atoms with Crippen LogP contribution in [0.5, 0.6) is 0 Å². The summed E-state index contributed by atoms with van der Waals surface area (Å²) in [5.41, 5.74) is 2.93. The third kappa shape index (κ3) is 3.98. The van der Waals surface area contributed by atoms with Gasteiger partial charge in [0.05, 0.1) is 0 Å². The van der Waals surface area contributed by atoms with Crippen LogP contribution in [-0.4, -0.2) is 5.33 Å². The molecule has 84 valence electrons. The van der Waals surface area contributed by atoms with Crippen molar-refractivity contribution in [3.63, 3.8) is 0 Å². The summed E-state index contributed by atoms with van der Waals surface area (Å²) in [6, 6.07) is 8.74. The van der Waals surface area contributed by atoms with Crippen molar-refractivity contribution in [2.24, 2.45) is 5.92 Å². The number of rotatable bonds is 5. The lowest BCUT2D eigenvalue weighted by molar-refractivity contribution is 0.520. The van der Waals surface area contributed by atoms with E-state index in [0.717, 1.165) is 11.2 Å². The van der Waals surface area contributed by atoms with Crippen LogP contribution in [0, 0.1) is 12.8 Å². The maximum atomic E-state index is 3.64. The van der Waals surface area contributed by atoms with Crippen molar-refractivity contribution in [1.82, 2.24) is 0 Å². The van der Waals surface area contributed by atoms with Gasteiger partial charge in [-0.3, -0.25) is 0 Å². The van der Waals surface area contributed by atoms with Crippen LogP contribution in [0.15, 0.2) is 24.3 Å². The van der Waals surface area contributed by atoms with Crippen LogP contribution in [0.3, 0.4) is 0 Å². The highest BCUT2D eigenvalue weighted by Gasteiger charge is 2.12. The summed E-state index contributed by atoms with van der Waals surface area (Å²) in [6.07, 6.45) is 2.60. The molecular formula is C14H21Br. The largest absolute Gasteiger partial charge is 0.0921 e. The smallest absolute Gasteiger partial charge is 0.0100 e. The number of aryl methyl sites for hydroxylation is 1. The second kappa shape index (κ2) is 6.32. The summed E-state index contributed by atoms with van der Waals surface area (Å²) in [5.74, 6) is 1.48. The Labute approximate surface area is 102 Å². The molecule has 1 rings (SSSR count). The topological polar surface area (TPSA) is 0 Å². The maximum absolute atomic E-state index is 3.64. The van der Waals surface area contributed by atoms with Gasteiger partial charge < -0.3 is 0 Å². The lowest BCUT2D eigenvalue weighted by atomic mass is 9.90. The molecule has 0 aliphatic heterocycles. The first-order valence-corrected chi connectivity index (χ1v) is 6.88. The van der Waals surface area contributed by atoms with Gasteiger partial charge in [-0.25, -0.2) is 0 Å². The quantitative estimate of drug-likeness (QED) is 0.666. The van der Waals surface area contributed by atoms with Crippen molar-refractivity contribution >= 4 is 15.9 Å². The first-order valence-electron chi connectivity index (χ1n) is 5.76. The minimum absolute atomic E-state index is 0.675. The van der Waals surface area contributed by atoms with Crippen LogP contribution >= 0.6 is 15.9 Å². The SMILES string of the molecule is Cc1ccccc1C(CBr)CCC(C)C. The van der Waals surface area contributed by atoms with E-state index < -0.39 is 0 Å². The standard InChI is InChI=1S/C14H21Br/c1-11(2)8-9-13(10-15)14-7-5-4-6-12(14)3/h4-7,11,13H,8-10H2,1-3H3. The molecule has 0 N–H and O–H groups in total. The Morgan fingerprint density at radius 3 is 2.33 bits per heavy atom. The Hall–Kier alpha value is -0.300. The van der Waals surface area contributed by atoms with Gasteiger partial charge in [-0.15, -0.1) is 0 Å². The zero-order valence-corrected chi connectivity index (χ0v) is 11.5. The number of hydrogen-bond donors (Lipinski definition) is 0. The normalized spacial score (nSPS) is 13.1. The van der Waals surface area contributed by atoms with Gasteiger partial charge in [-0.05, 0) is 36.3 Å². The van der Waals surface area contributed by atoms with Crippen LogP contribution in [0.25, 0.3) is 0 Å². The fraction of sp³-hybridized carbons (Fsp3) is 0.571. The number of alkyl halides is 1. The molecule has 1 heteroatoms. The second-order valence-corrected chi connectivity index (χ2v) is 5.33. The lowest BCUT2D eigenvalue weighted by Crippen LogP contribution is -2.04. The highest BCUT2D eigenvalue weighted by atomic mass is 79.9. The second-order valence-electron chi connectivity index (χ2n) is 4.68. The van der Waals surface area contributed by atoms with E-state index in [-0.39, 0.29) is 0 Å². The molecule has 0 spiro atoms. The van der Waals surface area contributed by atoms with Crippen LogP contribution in [-0.2, 0) is 0 Å². The Bertz CT molecular complexity index is 291. The molecule has 1 aromatic carbocycles. The zero-order chi connectivity index (χ0) is 11.3. The Kier molecular flexibility index (Phi) is 5.38. The molecule has 0 nitrogen and oxygen atoms in total. The molecule has 0 aliphatic carbocycles. The van der Waals surface area contributed by atoms with Crippen molar-refractivity contribution in [2.45, 2.75) is 39.5 Å². The van der Waals surface area contributed by atoms with E-state index in [0.29, 0.717) is 5.92 Å². The molecule has 15 heavy (non-hydrogen) atoms. The van der Waals surface area contributed by atoms with Gasteiger partial charge in [-0.1, -0.05) is 60.5 Å². The summed E-state index contributed by atoms with van der Waals surface area (Å²) < 4.78 is 0. The molecule has 0 heterocycles. The predicted octanol–water partition coefficient (Wildman–Crippen LogP) is 4.91. The van der Waals surface area contributed by atoms with Crippen molar-refractivity contribution in [3.8, 4) is 0 Å². The fourth-order valence-corrected chi connectivity index (χ4v) is 2.57. The van der Waals surface area contributed by atoms with E-state index in [1.807, 2.05) is 0 Å². The van der Waals surface area contributed by atoms with Gasteiger partial charge in [0, 0.05) is 5.33 Å². The summed E-state index contributed by atoms with van der Waals surface area (Å²) in [5, 5.41) is 1.07. The van der Waals surface area contributed by atoms with Crippen molar-refractivity contribution in [1.29, 1.82) is 0 Å². The van der Waals surface area contributed by atoms with Crippen molar-refractivity contribution in [3.05, 3.63) is 35.4 Å². The van der Waals surface area contributed by atoms with Gasteiger partial charge in [0.2, 0.25) is 0 Å². The van der Waals surface area contributed by atoms with Crippen LogP contribution in [0.2, 0.25) is 0 Å². The predicted molar refractivity (Wildman–Crippen MR) is 71.8 cm³/mol. The van der Waals surface area contributed by atoms with Gasteiger partial charge in [-0.2, -0.15) is 0 Å². The van der Waals surface area contributed by atoms with E-state index >= 15 is 0 Å². The van der Waals surface area contributed by atoms with Gasteiger partial charge in [0.1, 0.15) is 0 Å². The molecule has 1 atom stereocenters. The van der Waals surface area contributed by atoms with E-state index in [1.165, 1.54) is 24.0 Å². The zero-order valence-electron chi connectivity index (χ0n) is 9.96. The number of benzene rings is 1. The molecule has 0 aliphatic rings. The van der Waals surface area contributed by atoms with Gasteiger partial charge >= 0.3 is 0 Å². The van der Waals surface area contributed by atoms with Crippen molar-refractivity contribution in [2.75, 3.05) is 5.33 Å². The molecule has 0 bridgehead atoms. The summed E-state index contributed by atoms with van der Waals surface area (Å²) in [6.45, 7) is 6.80. The monoisotopic (exact) mass is 268 g/mol. The fourth-order valence-electron chi connectivity index (χ4n) is 1.90. The molecule has 1 aromatic rings. The first-order chi connectivity index (χ1) is 7.15. The maximum Gasteiger partial charge on any atom is 0.0100 e. The molecule has 0 saturated heterocycles. The molecule has 0 radical (unpaired) electrons. The Morgan fingerprint density at radius 2 is 1.80 bits per heavy atom. The van der Waals surface area contributed by atoms with Crippen LogP contribution in [0.1, 0.15) is 43.7 Å². The van der Waals surface area contributed by atoms with E-state index in [2.05, 4.69) is 61.0 Å². The molecule has 1 unspecified atom stereocenters. The van der Waals surface area contributed by atoms with Crippen molar-refractivity contribution < 1.29 is 0 Å². The van der Waals surface area contributed by atoms with Gasteiger partial charge in [0.25, 0.3) is 0 Å². The van der Waals surface area contributed by atoms with E-state index in [1.54, 1.807) is 0 Å². The Morgan fingerprint density at radius 1 is 1.13 bits per heavy atom. The summed E-state index contributed by atoms with van der Waals surface area (Å²) in [7, 11) is 0. The first kappa shape index (κ1) is 12.8. The minimum atomic E-state index is 0.675. The van der Waals surface area contributed by atoms with Crippen LogP contribution in [0.4, 0.5) is 0 Å². The average molecular weight is 269 g/mol.